The molecule has 0 aliphatic rings. The molecule has 0 amide bonds. The summed E-state index contributed by atoms with van der Waals surface area (Å²) in [6.45, 7) is 0. The molecule has 0 radical (unpaired) electrons. The Kier molecular flexibility index (Phi) is 3.58. The molecule has 16 heavy (non-hydrogen) atoms. The Balaban J connectivity index is 1.99. The van der Waals surface area contributed by atoms with E-state index >= 15 is 0 Å². The highest BCUT2D eigenvalue weighted by Crippen LogP contribution is 2.20. The molecule has 0 saturated carbocycles. The lowest BCUT2D eigenvalue weighted by Gasteiger charge is -2.00. The van der Waals surface area contributed by atoms with Crippen molar-refractivity contribution in [2.45, 2.75) is 10.9 Å². The fourth-order valence-electron chi connectivity index (χ4n) is 1.09. The van der Waals surface area contributed by atoms with Gasteiger partial charge in [0.15, 0.2) is 5.16 Å². The molecule has 1 heterocycles. The number of rotatable bonds is 3. The molecule has 6 heteroatoms. The van der Waals surface area contributed by atoms with E-state index in [2.05, 4.69) is 15.0 Å². The second-order valence-electron chi connectivity index (χ2n) is 3.04. The number of hydrogen-bond donors (Lipinski definition) is 1. The maximum absolute atomic E-state index is 5.79. The summed E-state index contributed by atoms with van der Waals surface area (Å²) in [7, 11) is 0. The largest absolute Gasteiger partial charge is 0.368 e. The van der Waals surface area contributed by atoms with Crippen molar-refractivity contribution in [3.63, 3.8) is 0 Å². The van der Waals surface area contributed by atoms with Gasteiger partial charge in [0.2, 0.25) is 5.95 Å². The fourth-order valence-corrected chi connectivity index (χ4v) is 1.99. The molecule has 0 aliphatic heterocycles. The summed E-state index contributed by atoms with van der Waals surface area (Å²) in [6.07, 6.45) is 1.41. The van der Waals surface area contributed by atoms with Crippen molar-refractivity contribution in [2.75, 3.05) is 5.73 Å². The molecule has 2 N–H and O–H groups in total. The van der Waals surface area contributed by atoms with Gasteiger partial charge in [0.05, 0.1) is 0 Å². The molecule has 0 saturated heterocycles. The molecule has 1 aromatic heterocycles. The summed E-state index contributed by atoms with van der Waals surface area (Å²) in [5.74, 6) is 1.02. The highest BCUT2D eigenvalue weighted by atomic mass is 35.5. The molecule has 1 aromatic carbocycles. The molecule has 0 unspecified atom stereocenters. The molecule has 4 nitrogen and oxygen atoms in total. The summed E-state index contributed by atoms with van der Waals surface area (Å²) >= 11 is 7.30. The van der Waals surface area contributed by atoms with Crippen molar-refractivity contribution in [1.29, 1.82) is 0 Å². The van der Waals surface area contributed by atoms with Gasteiger partial charge in [-0.05, 0) is 17.7 Å². The molecule has 0 spiro atoms. The van der Waals surface area contributed by atoms with Crippen molar-refractivity contribution < 1.29 is 0 Å². The van der Waals surface area contributed by atoms with E-state index in [1.165, 1.54) is 18.1 Å². The molecular formula is C10H9ClN4S. The van der Waals surface area contributed by atoms with Crippen LogP contribution in [0.5, 0.6) is 0 Å². The van der Waals surface area contributed by atoms with Crippen LogP contribution in [0.4, 0.5) is 5.95 Å². The SMILES string of the molecule is Nc1ncnc(SCc2ccc(Cl)cc2)n1. The van der Waals surface area contributed by atoms with Gasteiger partial charge in [0.25, 0.3) is 0 Å². The number of nitrogen functional groups attached to an aromatic ring is 1. The van der Waals surface area contributed by atoms with Gasteiger partial charge in [0, 0.05) is 10.8 Å². The van der Waals surface area contributed by atoms with Crippen LogP contribution >= 0.6 is 23.4 Å². The summed E-state index contributed by atoms with van der Waals surface area (Å²) in [6, 6.07) is 7.66. The van der Waals surface area contributed by atoms with Crippen LogP contribution in [-0.2, 0) is 5.75 Å². The summed E-state index contributed by atoms with van der Waals surface area (Å²) in [4.78, 5) is 11.7. The summed E-state index contributed by atoms with van der Waals surface area (Å²) in [5, 5.41) is 1.36. The number of nitrogens with two attached hydrogens (primary N) is 1. The first kappa shape index (κ1) is 11.2. The lowest BCUT2D eigenvalue weighted by Crippen LogP contribution is -1.97. The van der Waals surface area contributed by atoms with Crippen LogP contribution in [0, 0.1) is 0 Å². The van der Waals surface area contributed by atoms with Gasteiger partial charge in [-0.25, -0.2) is 9.97 Å². The summed E-state index contributed by atoms with van der Waals surface area (Å²) in [5.41, 5.74) is 6.61. The van der Waals surface area contributed by atoms with Crippen molar-refractivity contribution in [2.24, 2.45) is 0 Å². The van der Waals surface area contributed by atoms with Crippen LogP contribution in [0.15, 0.2) is 35.7 Å². The lowest BCUT2D eigenvalue weighted by molar-refractivity contribution is 0.915. The number of thioether (sulfide) groups is 1. The van der Waals surface area contributed by atoms with Crippen LogP contribution in [0.3, 0.4) is 0 Å². The third kappa shape index (κ3) is 3.08. The molecule has 0 aliphatic carbocycles. The lowest BCUT2D eigenvalue weighted by atomic mass is 10.2. The minimum absolute atomic E-state index is 0.244. The highest BCUT2D eigenvalue weighted by Gasteiger charge is 2.00. The highest BCUT2D eigenvalue weighted by molar-refractivity contribution is 7.98. The molecule has 0 atom stereocenters. The van der Waals surface area contributed by atoms with E-state index in [0.717, 1.165) is 16.3 Å². The number of hydrogen-bond acceptors (Lipinski definition) is 5. The van der Waals surface area contributed by atoms with E-state index in [1.807, 2.05) is 24.3 Å². The van der Waals surface area contributed by atoms with Gasteiger partial charge in [-0.2, -0.15) is 4.98 Å². The average Bonchev–Trinajstić information content (AvgIpc) is 2.28. The van der Waals surface area contributed by atoms with Gasteiger partial charge in [-0.15, -0.1) is 0 Å². The van der Waals surface area contributed by atoms with Gasteiger partial charge in [-0.3, -0.25) is 0 Å². The van der Waals surface area contributed by atoms with E-state index in [4.69, 9.17) is 17.3 Å². The molecular weight excluding hydrogens is 244 g/mol. The number of halogens is 1. The van der Waals surface area contributed by atoms with Crippen molar-refractivity contribution in [3.8, 4) is 0 Å². The smallest absolute Gasteiger partial charge is 0.223 e. The first-order valence-corrected chi connectivity index (χ1v) is 5.92. The Labute approximate surface area is 102 Å². The van der Waals surface area contributed by atoms with Crippen LogP contribution in [-0.4, -0.2) is 15.0 Å². The number of aromatic nitrogens is 3. The van der Waals surface area contributed by atoms with E-state index in [-0.39, 0.29) is 5.95 Å². The zero-order valence-electron chi connectivity index (χ0n) is 8.30. The first-order chi connectivity index (χ1) is 7.74. The van der Waals surface area contributed by atoms with Gasteiger partial charge in [0.1, 0.15) is 6.33 Å². The van der Waals surface area contributed by atoms with Crippen LogP contribution in [0.2, 0.25) is 5.02 Å². The molecule has 0 fully saturated rings. The molecule has 2 aromatic rings. The first-order valence-electron chi connectivity index (χ1n) is 4.56. The average molecular weight is 253 g/mol. The second-order valence-corrected chi connectivity index (χ2v) is 4.42. The quantitative estimate of drug-likeness (QED) is 0.850. The molecule has 0 bridgehead atoms. The number of nitrogens with zero attached hydrogens (tertiary/aromatic N) is 3. The van der Waals surface area contributed by atoms with Crippen molar-refractivity contribution >= 4 is 29.3 Å². The zero-order valence-corrected chi connectivity index (χ0v) is 9.87. The van der Waals surface area contributed by atoms with Crippen molar-refractivity contribution in [1.82, 2.24) is 15.0 Å². The van der Waals surface area contributed by atoms with Gasteiger partial charge >= 0.3 is 0 Å². The van der Waals surface area contributed by atoms with Gasteiger partial charge in [-0.1, -0.05) is 35.5 Å². The Morgan fingerprint density at radius 3 is 2.62 bits per heavy atom. The standard InChI is InChI=1S/C10H9ClN4S/c11-8-3-1-7(2-4-8)5-16-10-14-6-13-9(12)15-10/h1-4,6H,5H2,(H2,12,13,14,15). The molecule has 82 valence electrons. The molecule has 2 rings (SSSR count). The zero-order chi connectivity index (χ0) is 11.4. The Hall–Kier alpha value is -1.33. The maximum Gasteiger partial charge on any atom is 0.223 e. The van der Waals surface area contributed by atoms with E-state index in [1.54, 1.807) is 0 Å². The Morgan fingerprint density at radius 1 is 1.19 bits per heavy atom. The number of anilines is 1. The van der Waals surface area contributed by atoms with E-state index in [0.29, 0.717) is 5.16 Å². The van der Waals surface area contributed by atoms with Crippen molar-refractivity contribution in [3.05, 3.63) is 41.2 Å². The van der Waals surface area contributed by atoms with Crippen LogP contribution < -0.4 is 5.73 Å². The second kappa shape index (κ2) is 5.14. The monoisotopic (exact) mass is 252 g/mol. The summed E-state index contributed by atoms with van der Waals surface area (Å²) < 4.78 is 0. The maximum atomic E-state index is 5.79. The number of benzene rings is 1. The third-order valence-electron chi connectivity index (χ3n) is 1.85. The third-order valence-corrected chi connectivity index (χ3v) is 3.03. The predicted octanol–water partition coefficient (Wildman–Crippen LogP) is 2.40. The van der Waals surface area contributed by atoms with Gasteiger partial charge < -0.3 is 5.73 Å². The Bertz CT molecular complexity index is 475. The topological polar surface area (TPSA) is 64.7 Å². The Morgan fingerprint density at radius 2 is 1.94 bits per heavy atom. The van der Waals surface area contributed by atoms with E-state index < -0.39 is 0 Å². The minimum Gasteiger partial charge on any atom is -0.368 e. The van der Waals surface area contributed by atoms with Crippen LogP contribution in [0.1, 0.15) is 5.56 Å². The minimum atomic E-state index is 0.244. The predicted molar refractivity (Wildman–Crippen MR) is 65.3 cm³/mol. The van der Waals surface area contributed by atoms with Crippen LogP contribution in [0.25, 0.3) is 0 Å². The van der Waals surface area contributed by atoms with E-state index in [9.17, 15) is 0 Å². The fraction of sp³-hybridized carbons (Fsp3) is 0.100. The normalized spacial score (nSPS) is 10.3.